The van der Waals surface area contributed by atoms with Gasteiger partial charge in [0.25, 0.3) is 0 Å². The minimum absolute atomic E-state index is 0.0452. The molecule has 3 heterocycles. The molecule has 2 N–H and O–H groups in total. The van der Waals surface area contributed by atoms with E-state index in [4.69, 9.17) is 0 Å². The van der Waals surface area contributed by atoms with Crippen LogP contribution in [0, 0.1) is 0 Å². The van der Waals surface area contributed by atoms with E-state index >= 15 is 0 Å². The number of hydrogen-bond donors (Lipinski definition) is 2. The van der Waals surface area contributed by atoms with Crippen molar-refractivity contribution in [2.45, 2.75) is 64.0 Å². The van der Waals surface area contributed by atoms with Crippen molar-refractivity contribution in [2.24, 2.45) is 0 Å². The predicted molar refractivity (Wildman–Crippen MR) is 139 cm³/mol. The van der Waals surface area contributed by atoms with Crippen molar-refractivity contribution in [3.63, 3.8) is 0 Å². The highest BCUT2D eigenvalue weighted by Crippen LogP contribution is 2.32. The lowest BCUT2D eigenvalue weighted by Gasteiger charge is -2.33. The highest BCUT2D eigenvalue weighted by molar-refractivity contribution is 6.04. The second-order valence-electron chi connectivity index (χ2n) is 10.6. The molecule has 0 bridgehead atoms. The third kappa shape index (κ3) is 5.93. The first-order chi connectivity index (χ1) is 17.3. The SMILES string of the molecule is CC(C)(C)c1ccc(N(C(=O)[C@H]2CCCN2)C(C(=O)NCC(=O)N2CCCC2)c2cccnc2)cc1. The first-order valence-corrected chi connectivity index (χ1v) is 12.9. The molecule has 0 spiro atoms. The fourth-order valence-corrected chi connectivity index (χ4v) is 4.88. The van der Waals surface area contributed by atoms with Crippen molar-refractivity contribution in [3.05, 3.63) is 59.9 Å². The van der Waals surface area contributed by atoms with Crippen molar-refractivity contribution in [1.82, 2.24) is 20.5 Å². The topological polar surface area (TPSA) is 94.6 Å². The number of likely N-dealkylation sites (tertiary alicyclic amines) is 1. The van der Waals surface area contributed by atoms with E-state index in [9.17, 15) is 14.4 Å². The average molecular weight is 492 g/mol. The van der Waals surface area contributed by atoms with E-state index in [1.807, 2.05) is 24.3 Å². The third-order valence-electron chi connectivity index (χ3n) is 6.99. The second-order valence-corrected chi connectivity index (χ2v) is 10.6. The second kappa shape index (κ2) is 11.2. The van der Waals surface area contributed by atoms with E-state index < -0.39 is 11.9 Å². The van der Waals surface area contributed by atoms with Gasteiger partial charge in [0.2, 0.25) is 17.7 Å². The van der Waals surface area contributed by atoms with E-state index in [0.29, 0.717) is 17.7 Å². The zero-order chi connectivity index (χ0) is 25.7. The monoisotopic (exact) mass is 491 g/mol. The molecule has 1 aromatic heterocycles. The number of anilines is 1. The molecule has 36 heavy (non-hydrogen) atoms. The maximum absolute atomic E-state index is 13.9. The molecule has 2 aliphatic heterocycles. The minimum atomic E-state index is -0.958. The van der Waals surface area contributed by atoms with Crippen molar-refractivity contribution in [2.75, 3.05) is 31.1 Å². The highest BCUT2D eigenvalue weighted by atomic mass is 16.2. The Balaban J connectivity index is 1.68. The summed E-state index contributed by atoms with van der Waals surface area (Å²) in [5.41, 5.74) is 2.32. The lowest BCUT2D eigenvalue weighted by molar-refractivity contribution is -0.132. The van der Waals surface area contributed by atoms with Crippen molar-refractivity contribution >= 4 is 23.4 Å². The fraction of sp³-hybridized carbons (Fsp3) is 0.500. The van der Waals surface area contributed by atoms with Gasteiger partial charge in [0.05, 0.1) is 12.6 Å². The molecule has 2 fully saturated rings. The van der Waals surface area contributed by atoms with Gasteiger partial charge in [-0.2, -0.15) is 0 Å². The van der Waals surface area contributed by atoms with Crippen LogP contribution in [0.5, 0.6) is 0 Å². The van der Waals surface area contributed by atoms with E-state index in [0.717, 1.165) is 44.5 Å². The average Bonchev–Trinajstić information content (AvgIpc) is 3.60. The largest absolute Gasteiger partial charge is 0.345 e. The van der Waals surface area contributed by atoms with Crippen LogP contribution in [-0.4, -0.2) is 59.8 Å². The van der Waals surface area contributed by atoms with Crippen molar-refractivity contribution in [1.29, 1.82) is 0 Å². The molecule has 192 valence electrons. The van der Waals surface area contributed by atoms with Crippen LogP contribution in [-0.2, 0) is 19.8 Å². The fourth-order valence-electron chi connectivity index (χ4n) is 4.88. The Morgan fingerprint density at radius 1 is 1.11 bits per heavy atom. The molecule has 8 heteroatoms. The summed E-state index contributed by atoms with van der Waals surface area (Å²) in [6.45, 7) is 8.52. The summed E-state index contributed by atoms with van der Waals surface area (Å²) in [6.07, 6.45) is 6.83. The molecular formula is C28H37N5O3. The van der Waals surface area contributed by atoms with Gasteiger partial charge in [-0.05, 0) is 61.4 Å². The predicted octanol–water partition coefficient (Wildman–Crippen LogP) is 2.94. The smallest absolute Gasteiger partial charge is 0.248 e. The zero-order valence-corrected chi connectivity index (χ0v) is 21.5. The number of rotatable bonds is 7. The van der Waals surface area contributed by atoms with Crippen LogP contribution in [0.3, 0.4) is 0 Å². The van der Waals surface area contributed by atoms with Crippen LogP contribution in [0.25, 0.3) is 0 Å². The molecule has 1 aromatic carbocycles. The Labute approximate surface area is 213 Å². The molecule has 2 aliphatic rings. The number of carbonyl (C=O) groups excluding carboxylic acids is 3. The van der Waals surface area contributed by atoms with Crippen molar-refractivity contribution < 1.29 is 14.4 Å². The minimum Gasteiger partial charge on any atom is -0.345 e. The maximum Gasteiger partial charge on any atom is 0.248 e. The normalized spacial score (nSPS) is 18.6. The molecule has 2 saturated heterocycles. The van der Waals surface area contributed by atoms with Crippen LogP contribution in [0.1, 0.15) is 63.6 Å². The molecule has 8 nitrogen and oxygen atoms in total. The summed E-state index contributed by atoms with van der Waals surface area (Å²) >= 11 is 0. The molecule has 4 rings (SSSR count). The standard InChI is InChI=1S/C28H37N5O3/c1-28(2,3)21-10-12-22(13-11-21)33(27(36)23-9-7-15-30-23)25(20-8-6-14-29-18-20)26(35)31-19-24(34)32-16-4-5-17-32/h6,8,10-14,18,23,25,30H,4-5,7,9,15-17,19H2,1-3H3,(H,31,35)/t23-,25?/m1/s1. The van der Waals surface area contributed by atoms with E-state index in [1.165, 1.54) is 0 Å². The van der Waals surface area contributed by atoms with Gasteiger partial charge in [-0.1, -0.05) is 39.0 Å². The van der Waals surface area contributed by atoms with Gasteiger partial charge in [0.15, 0.2) is 0 Å². The van der Waals surface area contributed by atoms with Crippen LogP contribution >= 0.6 is 0 Å². The number of benzene rings is 1. The van der Waals surface area contributed by atoms with E-state index in [-0.39, 0.29) is 29.8 Å². The van der Waals surface area contributed by atoms with Crippen LogP contribution in [0.4, 0.5) is 5.69 Å². The van der Waals surface area contributed by atoms with Gasteiger partial charge < -0.3 is 15.5 Å². The Kier molecular flexibility index (Phi) is 8.04. The summed E-state index contributed by atoms with van der Waals surface area (Å²) in [5, 5.41) is 6.09. The quantitative estimate of drug-likeness (QED) is 0.621. The lowest BCUT2D eigenvalue weighted by atomic mass is 9.87. The molecule has 2 atom stereocenters. The first kappa shape index (κ1) is 25.8. The molecule has 0 aliphatic carbocycles. The van der Waals surface area contributed by atoms with Crippen LogP contribution in [0.2, 0.25) is 0 Å². The Morgan fingerprint density at radius 2 is 1.83 bits per heavy atom. The summed E-state index contributed by atoms with van der Waals surface area (Å²) in [4.78, 5) is 47.8. The van der Waals surface area contributed by atoms with Gasteiger partial charge >= 0.3 is 0 Å². The number of amides is 3. The maximum atomic E-state index is 13.9. The molecule has 3 amide bonds. The molecule has 0 radical (unpaired) electrons. The molecule has 1 unspecified atom stereocenters. The number of carbonyl (C=O) groups is 3. The van der Waals surface area contributed by atoms with Crippen LogP contribution < -0.4 is 15.5 Å². The van der Waals surface area contributed by atoms with Crippen LogP contribution in [0.15, 0.2) is 48.8 Å². The number of nitrogens with zero attached hydrogens (tertiary/aromatic N) is 3. The molecular weight excluding hydrogens is 454 g/mol. The summed E-state index contributed by atoms with van der Waals surface area (Å²) in [5.74, 6) is -0.664. The van der Waals surface area contributed by atoms with Gasteiger partial charge in [-0.25, -0.2) is 0 Å². The highest BCUT2D eigenvalue weighted by Gasteiger charge is 2.37. The first-order valence-electron chi connectivity index (χ1n) is 12.9. The number of aromatic nitrogens is 1. The number of hydrogen-bond acceptors (Lipinski definition) is 5. The number of nitrogens with one attached hydrogen (secondary N) is 2. The van der Waals surface area contributed by atoms with Gasteiger partial charge in [0, 0.05) is 36.7 Å². The number of pyridine rings is 1. The van der Waals surface area contributed by atoms with Gasteiger partial charge in [-0.3, -0.25) is 24.3 Å². The lowest BCUT2D eigenvalue weighted by Crippen LogP contribution is -2.51. The zero-order valence-electron chi connectivity index (χ0n) is 21.5. The molecule has 2 aromatic rings. The summed E-state index contributed by atoms with van der Waals surface area (Å²) in [6, 6.07) is 10.0. The Hall–Kier alpha value is -3.26. The third-order valence-corrected chi connectivity index (χ3v) is 6.99. The van der Waals surface area contributed by atoms with E-state index in [1.54, 1.807) is 34.3 Å². The van der Waals surface area contributed by atoms with Gasteiger partial charge in [0.1, 0.15) is 6.04 Å². The van der Waals surface area contributed by atoms with Gasteiger partial charge in [-0.15, -0.1) is 0 Å². The summed E-state index contributed by atoms with van der Waals surface area (Å²) in [7, 11) is 0. The Bertz CT molecular complexity index is 1050. The van der Waals surface area contributed by atoms with Crippen molar-refractivity contribution in [3.8, 4) is 0 Å². The molecule has 0 saturated carbocycles. The van der Waals surface area contributed by atoms with E-state index in [2.05, 4.69) is 36.4 Å². The Morgan fingerprint density at radius 3 is 2.42 bits per heavy atom. The summed E-state index contributed by atoms with van der Waals surface area (Å²) < 4.78 is 0.